The molecule has 3 aliphatic heterocycles. The highest BCUT2D eigenvalue weighted by Gasteiger charge is 2.47. The number of ether oxygens (including phenoxy) is 3. The summed E-state index contributed by atoms with van der Waals surface area (Å²) in [6.07, 6.45) is -10.8. The molecule has 6 amide bonds. The van der Waals surface area contributed by atoms with Gasteiger partial charge < -0.3 is 44.9 Å². The summed E-state index contributed by atoms with van der Waals surface area (Å²) in [6, 6.07) is 42.0. The van der Waals surface area contributed by atoms with Crippen LogP contribution in [0.15, 0.2) is 200 Å². The van der Waals surface area contributed by atoms with E-state index >= 15 is 0 Å². The van der Waals surface area contributed by atoms with Gasteiger partial charge in [0.25, 0.3) is 0 Å². The first kappa shape index (κ1) is 86.6. The Morgan fingerprint density at radius 3 is 1.07 bits per heavy atom. The maximum Gasteiger partial charge on any atom is 0.416 e. The van der Waals surface area contributed by atoms with Gasteiger partial charge in [0, 0.05) is 57.9 Å². The SMILES string of the molecule is CC[C@H]1CCCN1C(=O)C(=O)N[C@@](Cc1ccccc1)(c1cc(F)cc(C(F)(F)F)c1)c1ccc(F)c(OC)c1.COc1cc([C@@](Cc2ccccc2)(NC(=O)C(=O)N2CCCC2)c2cc(F)cc(C(F)(F)F)c2)ccc1F.COc1cc([C@@](Cc2ccccc2)(NC(=O)CN2CCCC2=O)c2cc(F)cc(C(F)(F)F)c2)ccc1F. The number of halogens is 15. The highest BCUT2D eigenvalue weighted by atomic mass is 19.4. The molecule has 3 heterocycles. The fraction of sp³-hybridized carbons (Fsp3) is 0.302. The van der Waals surface area contributed by atoms with Gasteiger partial charge in [-0.3, -0.25) is 28.8 Å². The van der Waals surface area contributed by atoms with E-state index in [4.69, 9.17) is 14.2 Å². The van der Waals surface area contributed by atoms with E-state index in [2.05, 4.69) is 16.0 Å². The minimum Gasteiger partial charge on any atom is -0.494 e. The summed E-state index contributed by atoms with van der Waals surface area (Å²) in [5, 5.41) is 8.08. The van der Waals surface area contributed by atoms with Gasteiger partial charge in [0.1, 0.15) is 17.5 Å². The third-order valence-corrected chi connectivity index (χ3v) is 20.4. The van der Waals surface area contributed by atoms with E-state index in [1.165, 1.54) is 72.4 Å². The zero-order valence-corrected chi connectivity index (χ0v) is 62.9. The number of carbonyl (C=O) groups excluding carboxylic acids is 6. The van der Waals surface area contributed by atoms with E-state index in [1.54, 1.807) is 91.0 Å². The fourth-order valence-electron chi connectivity index (χ4n) is 14.7. The van der Waals surface area contributed by atoms with Crippen molar-refractivity contribution in [1.29, 1.82) is 0 Å². The van der Waals surface area contributed by atoms with Crippen molar-refractivity contribution in [2.24, 2.45) is 0 Å². The van der Waals surface area contributed by atoms with Gasteiger partial charge in [-0.05, 0) is 180 Å². The van der Waals surface area contributed by atoms with Crippen LogP contribution >= 0.6 is 0 Å². The van der Waals surface area contributed by atoms with Gasteiger partial charge in [-0.15, -0.1) is 0 Å². The normalized spacial score (nSPS) is 15.8. The van der Waals surface area contributed by atoms with Crippen molar-refractivity contribution in [3.05, 3.63) is 302 Å². The fourth-order valence-corrected chi connectivity index (χ4v) is 14.7. The summed E-state index contributed by atoms with van der Waals surface area (Å²) in [6.45, 7) is 3.00. The number of rotatable bonds is 21. The van der Waals surface area contributed by atoms with E-state index in [9.17, 15) is 94.6 Å². The van der Waals surface area contributed by atoms with Crippen molar-refractivity contribution < 1.29 is 109 Å². The Bertz CT molecular complexity index is 5010. The Labute approximate surface area is 657 Å². The van der Waals surface area contributed by atoms with Gasteiger partial charge >= 0.3 is 42.2 Å². The van der Waals surface area contributed by atoms with E-state index in [0.717, 1.165) is 61.0 Å². The summed E-state index contributed by atoms with van der Waals surface area (Å²) in [5.41, 5.74) is -8.08. The lowest BCUT2D eigenvalue weighted by molar-refractivity contribution is -0.147. The van der Waals surface area contributed by atoms with Gasteiger partial charge in [-0.2, -0.15) is 39.5 Å². The molecule has 0 radical (unpaired) electrons. The minimum absolute atomic E-state index is 0.0981. The molecule has 4 atom stereocenters. The molecular weight excluding hydrogens is 1550 g/mol. The summed E-state index contributed by atoms with van der Waals surface area (Å²) in [7, 11) is 3.65. The molecule has 3 aliphatic rings. The van der Waals surface area contributed by atoms with Crippen molar-refractivity contribution in [2.75, 3.05) is 54.1 Å². The van der Waals surface area contributed by atoms with Gasteiger partial charge in [0.15, 0.2) is 34.7 Å². The Morgan fingerprint density at radius 2 is 0.741 bits per heavy atom. The Morgan fingerprint density at radius 1 is 0.397 bits per heavy atom. The van der Waals surface area contributed by atoms with Crippen LogP contribution < -0.4 is 30.2 Å². The molecule has 0 aliphatic carbocycles. The number of nitrogens with one attached hydrogen (secondary N) is 3. The predicted molar refractivity (Wildman–Crippen MR) is 397 cm³/mol. The number of hydrogen-bond acceptors (Lipinski definition) is 9. The zero-order chi connectivity index (χ0) is 84.1. The van der Waals surface area contributed by atoms with Crippen LogP contribution in [0.5, 0.6) is 17.2 Å². The van der Waals surface area contributed by atoms with Crippen LogP contribution in [0.1, 0.15) is 119 Å². The monoisotopic (exact) mass is 1620 g/mol. The predicted octanol–water partition coefficient (Wildman–Crippen LogP) is 16.4. The number of carbonyl (C=O) groups is 6. The van der Waals surface area contributed by atoms with Crippen LogP contribution in [0.3, 0.4) is 0 Å². The quantitative estimate of drug-likeness (QED) is 0.0467. The Balaban J connectivity index is 0.000000184. The lowest BCUT2D eigenvalue weighted by atomic mass is 9.77. The molecule has 0 aromatic heterocycles. The van der Waals surface area contributed by atoms with E-state index in [-0.39, 0.29) is 94.8 Å². The first-order chi connectivity index (χ1) is 55.0. The molecule has 0 bridgehead atoms. The van der Waals surface area contributed by atoms with E-state index in [0.29, 0.717) is 93.2 Å². The lowest BCUT2D eigenvalue weighted by Gasteiger charge is -2.37. The smallest absolute Gasteiger partial charge is 0.416 e. The average molecular weight is 1630 g/mol. The molecule has 3 saturated heterocycles. The standard InChI is InChI=1S/C30H29F5N2O3.2C28H25F5N2O3/c1-3-24-10-7-13-37(24)28(39)27(38)36-29(18-19-8-5-4-6-9-19,20-11-12-25(32)26(17-20)40-2)21-14-22(30(33,34)35)16-23(31)15-21;1-38-24-16-19(9-10-23(24)30)27(17-18-7-3-2-4-8-18,34-25(36)26(37)35-11-5-6-12-35)20-13-21(28(31,32)33)15-22(29)14-20;1-38-24-15-19(9-10-23(24)30)27(16-18-6-3-2-4-7-18,34-25(36)17-35-11-5-8-26(35)37)20-12-21(28(31,32)33)14-22(29)13-20/h4-6,8-9,11-12,14-17,24H,3,7,10,13,18H2,1-2H3,(H,36,38);2-4,7-10,13-16H,5-6,11-12,17H2,1H3,(H,34,36);2-4,6-7,9-10,12-15H,5,8,11,16-17H2,1H3,(H,34,36)/t24-,29+;2*27-/m011/s1. The maximum absolute atomic E-state index is 14.8. The van der Waals surface area contributed by atoms with Crippen molar-refractivity contribution in [2.45, 2.75) is 112 Å². The van der Waals surface area contributed by atoms with Crippen molar-refractivity contribution in [1.82, 2.24) is 30.7 Å². The number of methoxy groups -OCH3 is 3. The molecule has 15 nitrogen and oxygen atoms in total. The molecular formula is C86H79F15N6O9. The number of amides is 6. The molecule has 0 spiro atoms. The highest BCUT2D eigenvalue weighted by molar-refractivity contribution is 6.35. The lowest BCUT2D eigenvalue weighted by Crippen LogP contribution is -2.54. The second-order valence-electron chi connectivity index (χ2n) is 28.0. The molecule has 12 rings (SSSR count). The van der Waals surface area contributed by atoms with Crippen LogP contribution in [0.4, 0.5) is 65.9 Å². The Kier molecular flexibility index (Phi) is 27.4. The minimum atomic E-state index is -4.90. The first-order valence-electron chi connectivity index (χ1n) is 36.7. The van der Waals surface area contributed by atoms with Crippen LogP contribution in [0.2, 0.25) is 0 Å². The van der Waals surface area contributed by atoms with Crippen LogP contribution in [-0.2, 0) is 83.2 Å². The molecule has 9 aromatic carbocycles. The van der Waals surface area contributed by atoms with Crippen LogP contribution in [0, 0.1) is 34.9 Å². The van der Waals surface area contributed by atoms with Crippen molar-refractivity contribution >= 4 is 35.4 Å². The molecule has 0 unspecified atom stereocenters. The molecule has 9 aromatic rings. The second kappa shape index (κ2) is 36.7. The Hall–Kier alpha value is -11.9. The van der Waals surface area contributed by atoms with E-state index < -0.39 is 116 Å². The topological polar surface area (TPSA) is 176 Å². The van der Waals surface area contributed by atoms with Crippen LogP contribution in [-0.4, -0.2) is 110 Å². The summed E-state index contributed by atoms with van der Waals surface area (Å²) in [5.74, 6) is -11.2. The maximum atomic E-state index is 14.8. The second-order valence-corrected chi connectivity index (χ2v) is 28.0. The van der Waals surface area contributed by atoms with Gasteiger partial charge in [-0.1, -0.05) is 116 Å². The average Bonchev–Trinajstić information content (AvgIpc) is 0.787. The van der Waals surface area contributed by atoms with E-state index in [1.807, 2.05) is 6.92 Å². The number of likely N-dealkylation sites (tertiary alicyclic amines) is 3. The summed E-state index contributed by atoms with van der Waals surface area (Å²) in [4.78, 5) is 82.9. The third kappa shape index (κ3) is 20.4. The van der Waals surface area contributed by atoms with Crippen molar-refractivity contribution in [3.63, 3.8) is 0 Å². The van der Waals surface area contributed by atoms with Crippen LogP contribution in [0.25, 0.3) is 0 Å². The van der Waals surface area contributed by atoms with Gasteiger partial charge in [0.05, 0.1) is 61.2 Å². The van der Waals surface area contributed by atoms with Gasteiger partial charge in [-0.25, -0.2) is 26.3 Å². The zero-order valence-electron chi connectivity index (χ0n) is 62.9. The van der Waals surface area contributed by atoms with Crippen molar-refractivity contribution in [3.8, 4) is 17.2 Å². The molecule has 3 N–H and O–H groups in total. The largest absolute Gasteiger partial charge is 0.494 e. The summed E-state index contributed by atoms with van der Waals surface area (Å²) >= 11 is 0. The molecule has 116 heavy (non-hydrogen) atoms. The number of benzene rings is 9. The number of nitrogens with zero attached hydrogens (tertiary/aromatic N) is 3. The molecule has 0 saturated carbocycles. The van der Waals surface area contributed by atoms with Gasteiger partial charge in [0.2, 0.25) is 11.8 Å². The molecule has 3 fully saturated rings. The number of hydrogen-bond donors (Lipinski definition) is 3. The first-order valence-corrected chi connectivity index (χ1v) is 36.7. The highest BCUT2D eigenvalue weighted by Crippen LogP contribution is 2.45. The molecule has 30 heteroatoms. The molecule has 612 valence electrons. The number of alkyl halides is 9. The summed E-state index contributed by atoms with van der Waals surface area (Å²) < 4.78 is 227. The third-order valence-electron chi connectivity index (χ3n) is 20.4.